The molecule has 0 saturated heterocycles. The Balaban J connectivity index is 0.000000135. The van der Waals surface area contributed by atoms with Gasteiger partial charge in [-0.15, -0.1) is 0 Å². The van der Waals surface area contributed by atoms with Crippen molar-refractivity contribution >= 4 is 77.5 Å². The lowest BCUT2D eigenvalue weighted by Crippen LogP contribution is -2.15. The Hall–Kier alpha value is -12.9. The minimum atomic E-state index is -0.124. The molecule has 0 unspecified atom stereocenters. The van der Waals surface area contributed by atoms with Gasteiger partial charge < -0.3 is 0 Å². The van der Waals surface area contributed by atoms with Gasteiger partial charge in [-0.25, -0.2) is 24.9 Å². The molecule has 12 aromatic carbocycles. The topological polar surface area (TPSA) is 114 Å². The largest absolute Gasteiger partial charge is 0.278 e. The van der Waals surface area contributed by atoms with Gasteiger partial charge in [-0.2, -0.15) is 9.97 Å². The number of para-hydroxylation sites is 6. The maximum atomic E-state index is 5.22. The summed E-state index contributed by atoms with van der Waals surface area (Å²) in [5.41, 5.74) is 24.4. The van der Waals surface area contributed by atoms with E-state index < -0.39 is 0 Å². The number of benzene rings is 12. The summed E-state index contributed by atoms with van der Waals surface area (Å²) in [7, 11) is 0. The highest BCUT2D eigenvalue weighted by Gasteiger charge is 2.37. The molecule has 1 aliphatic rings. The lowest BCUT2D eigenvalue weighted by atomic mass is 9.82. The Morgan fingerprint density at radius 3 is 1.34 bits per heavy atom. The molecule has 7 heterocycles. The first-order valence-corrected chi connectivity index (χ1v) is 32.3. The summed E-state index contributed by atoms with van der Waals surface area (Å²) in [6, 6.07) is 105. The number of fused-ring (bicyclic) bond motifs is 16. The van der Waals surface area contributed by atoms with Crippen molar-refractivity contribution in [2.75, 3.05) is 0 Å². The van der Waals surface area contributed by atoms with Crippen LogP contribution >= 0.6 is 0 Å². The zero-order valence-corrected chi connectivity index (χ0v) is 52.2. The molecule has 0 bridgehead atoms. The summed E-state index contributed by atoms with van der Waals surface area (Å²) in [5, 5.41) is 2.23. The Labute approximate surface area is 550 Å². The van der Waals surface area contributed by atoms with E-state index in [-0.39, 0.29) is 5.41 Å². The standard InChI is InChI=1S/C44H31N5.C40H25N7/c1-44(2)34-21-10-9-20-32(34)33-25-40-41(26-35(33)44)48(43-47-36-22-11-12-23-39(36)49(40)43)31-19-13-18-30(24-31)42-45-37(28-14-5-3-6-15-28)27-38(46-42)29-16-7-4-8-17-29;1-4-14-26(15-5-1)37-42-38(27-16-6-2-7-17-27)44-39(43-37)46-32-22-12-10-20-29(32)30-24-35-36(25-34(30)46)45(28-18-8-3-9-19-28)40-41-31-21-11-13-23-33(31)47(35)40/h3-27H,1-2H3;1-25H. The summed E-state index contributed by atoms with van der Waals surface area (Å²) in [6.45, 7) is 4.67. The average Bonchev–Trinajstić information content (AvgIpc) is 1.55. The van der Waals surface area contributed by atoms with Crippen LogP contribution in [0.15, 0.2) is 303 Å². The van der Waals surface area contributed by atoms with E-state index in [9.17, 15) is 0 Å². The predicted molar refractivity (Wildman–Crippen MR) is 387 cm³/mol. The van der Waals surface area contributed by atoms with Crippen molar-refractivity contribution in [3.05, 3.63) is 314 Å². The summed E-state index contributed by atoms with van der Waals surface area (Å²) >= 11 is 0. The van der Waals surface area contributed by atoms with Gasteiger partial charge in [0.1, 0.15) is 0 Å². The zero-order valence-electron chi connectivity index (χ0n) is 52.2. The van der Waals surface area contributed by atoms with Gasteiger partial charge in [-0.05, 0) is 107 Å². The lowest BCUT2D eigenvalue weighted by Gasteiger charge is -2.21. The van der Waals surface area contributed by atoms with Crippen LogP contribution in [0.1, 0.15) is 25.0 Å². The molecule has 7 aromatic heterocycles. The van der Waals surface area contributed by atoms with Crippen LogP contribution in [0.2, 0.25) is 0 Å². The van der Waals surface area contributed by atoms with Crippen LogP contribution in [-0.4, -0.2) is 57.4 Å². The van der Waals surface area contributed by atoms with Crippen molar-refractivity contribution in [1.82, 2.24) is 57.4 Å². The minimum Gasteiger partial charge on any atom is -0.278 e. The highest BCUT2D eigenvalue weighted by atomic mass is 15.2. The molecule has 0 radical (unpaired) electrons. The number of hydrogen-bond donors (Lipinski definition) is 0. The highest BCUT2D eigenvalue weighted by molar-refractivity contribution is 6.14. The fourth-order valence-electron chi connectivity index (χ4n) is 14.5. The number of hydrogen-bond acceptors (Lipinski definition) is 7. The molecule has 19 aromatic rings. The number of nitrogens with zero attached hydrogens (tertiary/aromatic N) is 12. The molecule has 0 fully saturated rings. The zero-order chi connectivity index (χ0) is 63.6. The van der Waals surface area contributed by atoms with Crippen LogP contribution < -0.4 is 0 Å². The van der Waals surface area contributed by atoms with E-state index in [0.29, 0.717) is 23.4 Å². The Kier molecular flexibility index (Phi) is 12.3. The summed E-state index contributed by atoms with van der Waals surface area (Å²) in [4.78, 5) is 35.8. The van der Waals surface area contributed by atoms with Crippen molar-refractivity contribution in [1.29, 1.82) is 0 Å². The van der Waals surface area contributed by atoms with Gasteiger partial charge in [0.2, 0.25) is 17.5 Å². The SMILES string of the molecule is CC1(C)c2ccccc2-c2cc3c(cc21)n(-c1cccc(-c2nc(-c4ccccc4)cc(-c4ccccc4)n2)c1)c1nc2ccccc2n31.c1ccc(-c2nc(-c3ccccc3)nc(-n3c4ccccc4c4cc5c(cc43)n(-c3ccccc3)c3nc4ccccc4n53)n2)cc1. The third kappa shape index (κ3) is 8.65. The fraction of sp³-hybridized carbons (Fsp3) is 0.0357. The first-order chi connectivity index (χ1) is 47.4. The van der Waals surface area contributed by atoms with Gasteiger partial charge in [0.05, 0.1) is 66.6 Å². The first-order valence-electron chi connectivity index (χ1n) is 32.3. The van der Waals surface area contributed by atoms with Crippen LogP contribution in [0.3, 0.4) is 0 Å². The molecule has 12 nitrogen and oxygen atoms in total. The van der Waals surface area contributed by atoms with E-state index in [0.717, 1.165) is 128 Å². The molecule has 0 saturated carbocycles. The van der Waals surface area contributed by atoms with Gasteiger partial charge in [0.15, 0.2) is 17.5 Å². The monoisotopic (exact) mass is 1230 g/mol. The molecular formula is C84H56N12. The summed E-state index contributed by atoms with van der Waals surface area (Å²) in [5.74, 6) is 4.25. The van der Waals surface area contributed by atoms with Crippen LogP contribution in [0.25, 0.3) is 163 Å². The van der Waals surface area contributed by atoms with E-state index in [1.807, 2.05) is 109 Å². The van der Waals surface area contributed by atoms with E-state index in [4.69, 9.17) is 34.9 Å². The van der Waals surface area contributed by atoms with Crippen LogP contribution in [0.5, 0.6) is 0 Å². The van der Waals surface area contributed by atoms with Gasteiger partial charge in [0, 0.05) is 55.4 Å². The molecule has 1 aliphatic carbocycles. The van der Waals surface area contributed by atoms with E-state index in [1.165, 1.54) is 22.3 Å². The number of imidazole rings is 4. The van der Waals surface area contributed by atoms with Gasteiger partial charge >= 0.3 is 0 Å². The average molecular weight is 1230 g/mol. The van der Waals surface area contributed by atoms with Crippen LogP contribution in [0.4, 0.5) is 0 Å². The van der Waals surface area contributed by atoms with Crippen molar-refractivity contribution in [2.45, 2.75) is 19.3 Å². The third-order valence-electron chi connectivity index (χ3n) is 19.0. The number of aromatic nitrogens is 12. The van der Waals surface area contributed by atoms with E-state index in [1.54, 1.807) is 0 Å². The van der Waals surface area contributed by atoms with Crippen LogP contribution in [0, 0.1) is 0 Å². The summed E-state index contributed by atoms with van der Waals surface area (Å²) in [6.07, 6.45) is 0. The minimum absolute atomic E-state index is 0.124. The fourth-order valence-corrected chi connectivity index (χ4v) is 14.5. The molecule has 0 aliphatic heterocycles. The summed E-state index contributed by atoms with van der Waals surface area (Å²) < 4.78 is 11.3. The first kappa shape index (κ1) is 54.8. The smallest absolute Gasteiger partial charge is 0.238 e. The van der Waals surface area contributed by atoms with Crippen molar-refractivity contribution < 1.29 is 0 Å². The van der Waals surface area contributed by atoms with E-state index in [2.05, 4.69) is 230 Å². The molecule has 452 valence electrons. The second-order valence-electron chi connectivity index (χ2n) is 25.0. The molecule has 96 heavy (non-hydrogen) atoms. The van der Waals surface area contributed by atoms with Crippen LogP contribution in [-0.2, 0) is 5.41 Å². The molecule has 0 amide bonds. The highest BCUT2D eigenvalue weighted by Crippen LogP contribution is 2.51. The molecule has 12 heteroatoms. The lowest BCUT2D eigenvalue weighted by molar-refractivity contribution is 0.661. The van der Waals surface area contributed by atoms with Gasteiger partial charge in [0.25, 0.3) is 0 Å². The van der Waals surface area contributed by atoms with Gasteiger partial charge in [-0.1, -0.05) is 232 Å². The Morgan fingerprint density at radius 1 is 0.260 bits per heavy atom. The van der Waals surface area contributed by atoms with E-state index >= 15 is 0 Å². The Morgan fingerprint density at radius 2 is 0.729 bits per heavy atom. The van der Waals surface area contributed by atoms with Gasteiger partial charge in [-0.3, -0.25) is 22.5 Å². The Bertz CT molecular complexity index is 6170. The maximum absolute atomic E-state index is 5.22. The maximum Gasteiger partial charge on any atom is 0.238 e. The second kappa shape index (κ2) is 21.6. The molecule has 0 spiro atoms. The molecule has 20 rings (SSSR count). The second-order valence-corrected chi connectivity index (χ2v) is 25.0. The molecule has 0 atom stereocenters. The van der Waals surface area contributed by atoms with Crippen molar-refractivity contribution in [3.63, 3.8) is 0 Å². The van der Waals surface area contributed by atoms with Crippen molar-refractivity contribution in [3.8, 4) is 85.1 Å². The molecule has 0 N–H and O–H groups in total. The molecular weight excluding hydrogens is 1180 g/mol. The number of rotatable bonds is 8. The third-order valence-corrected chi connectivity index (χ3v) is 19.0. The normalized spacial score (nSPS) is 12.6. The quantitative estimate of drug-likeness (QED) is 0.149. The predicted octanol–water partition coefficient (Wildman–Crippen LogP) is 19.6. The van der Waals surface area contributed by atoms with Crippen molar-refractivity contribution in [2.24, 2.45) is 0 Å².